The molecule has 214 valence electrons. The van der Waals surface area contributed by atoms with E-state index >= 15 is 0 Å². The Morgan fingerprint density at radius 3 is 2.32 bits per heavy atom. The van der Waals surface area contributed by atoms with E-state index in [1.165, 1.54) is 0 Å². The highest BCUT2D eigenvalue weighted by Crippen LogP contribution is 2.69. The Labute approximate surface area is 222 Å². The quantitative estimate of drug-likeness (QED) is 0.242. The van der Waals surface area contributed by atoms with Gasteiger partial charge < -0.3 is 20.4 Å². The van der Waals surface area contributed by atoms with Gasteiger partial charge in [0.25, 0.3) is 0 Å². The van der Waals surface area contributed by atoms with Crippen molar-refractivity contribution < 1.29 is 37.6 Å². The van der Waals surface area contributed by atoms with Gasteiger partial charge in [0, 0.05) is 17.8 Å². The molecule has 0 heterocycles. The van der Waals surface area contributed by atoms with Crippen molar-refractivity contribution in [2.75, 3.05) is 6.61 Å². The smallest absolute Gasteiger partial charge is 0.393 e. The molecule has 37 heavy (non-hydrogen) atoms. The van der Waals surface area contributed by atoms with Gasteiger partial charge in [-0.15, -0.1) is 0 Å². The molecule has 0 aromatic carbocycles. The third-order valence-corrected chi connectivity index (χ3v) is 11.9. The van der Waals surface area contributed by atoms with Gasteiger partial charge in [0.05, 0.1) is 30.5 Å². The van der Waals surface area contributed by atoms with Crippen LogP contribution in [0.3, 0.4) is 0 Å². The van der Waals surface area contributed by atoms with Gasteiger partial charge >= 0.3 is 10.4 Å². The van der Waals surface area contributed by atoms with E-state index in [1.54, 1.807) is 0 Å². The van der Waals surface area contributed by atoms with E-state index in [0.29, 0.717) is 25.7 Å². The van der Waals surface area contributed by atoms with E-state index in [4.69, 9.17) is 4.55 Å². The summed E-state index contributed by atoms with van der Waals surface area (Å²) in [5, 5.41) is 44.6. The Kier molecular flexibility index (Phi) is 8.06. The van der Waals surface area contributed by atoms with E-state index in [2.05, 4.69) is 31.0 Å². The summed E-state index contributed by atoms with van der Waals surface area (Å²) in [6.45, 7) is 10.3. The van der Waals surface area contributed by atoms with Gasteiger partial charge in [0.2, 0.25) is 0 Å². The molecule has 0 spiro atoms. The topological polar surface area (TPSA) is 145 Å². The van der Waals surface area contributed by atoms with Crippen molar-refractivity contribution in [1.29, 1.82) is 0 Å². The van der Waals surface area contributed by atoms with Crippen LogP contribution < -0.4 is 0 Å². The van der Waals surface area contributed by atoms with Crippen molar-refractivity contribution in [2.45, 2.75) is 103 Å². The van der Waals surface area contributed by atoms with E-state index in [1.807, 2.05) is 19.9 Å². The third kappa shape index (κ3) is 5.07. The molecule has 0 saturated heterocycles. The fourth-order valence-electron chi connectivity index (χ4n) is 9.28. The Bertz CT molecular complexity index is 967. The first-order chi connectivity index (χ1) is 17.0. The zero-order valence-corrected chi connectivity index (χ0v) is 23.8. The fraction of sp³-hybridized carbons (Fsp3) is 0.929. The Morgan fingerprint density at radius 2 is 1.70 bits per heavy atom. The lowest BCUT2D eigenvalue weighted by Crippen LogP contribution is -2.69. The second kappa shape index (κ2) is 10.1. The van der Waals surface area contributed by atoms with Crippen molar-refractivity contribution in [3.63, 3.8) is 0 Å². The van der Waals surface area contributed by atoms with Gasteiger partial charge in [-0.2, -0.15) is 8.42 Å². The molecule has 4 aliphatic rings. The zero-order valence-electron chi connectivity index (χ0n) is 23.0. The van der Waals surface area contributed by atoms with E-state index in [-0.39, 0.29) is 59.9 Å². The van der Waals surface area contributed by atoms with E-state index < -0.39 is 39.7 Å². The highest BCUT2D eigenvalue weighted by atomic mass is 32.3. The van der Waals surface area contributed by atoms with Crippen LogP contribution in [0.25, 0.3) is 0 Å². The molecule has 0 aromatic heterocycles. The summed E-state index contributed by atoms with van der Waals surface area (Å²) in [5.41, 5.74) is -1.91. The minimum atomic E-state index is -4.50. The lowest BCUT2D eigenvalue weighted by molar-refractivity contribution is -0.268. The van der Waals surface area contributed by atoms with Gasteiger partial charge in [-0.1, -0.05) is 46.8 Å². The maximum Gasteiger partial charge on any atom is 0.397 e. The molecule has 0 amide bonds. The summed E-state index contributed by atoms with van der Waals surface area (Å²) in [5.74, 6) is 0.626. The van der Waals surface area contributed by atoms with Gasteiger partial charge in [-0.05, 0) is 79.4 Å². The van der Waals surface area contributed by atoms with Crippen molar-refractivity contribution in [2.24, 2.45) is 52.3 Å². The van der Waals surface area contributed by atoms with Crippen LogP contribution in [0.4, 0.5) is 0 Å². The average molecular weight is 545 g/mol. The second-order valence-electron chi connectivity index (χ2n) is 13.6. The molecule has 4 rings (SSSR count). The van der Waals surface area contributed by atoms with Crippen LogP contribution in [0.2, 0.25) is 0 Å². The van der Waals surface area contributed by atoms with Crippen LogP contribution in [0.15, 0.2) is 12.2 Å². The van der Waals surface area contributed by atoms with Gasteiger partial charge in [0.1, 0.15) is 0 Å². The molecule has 4 aliphatic carbocycles. The SMILES string of the molecule is CC(C)[C@@H](/C=C/[C@@H](C)[C@H]1C[C@H](O)[C@@H]2[C@@H]3C[C@@H](O)[C@@]4(O)C[C@@H](O)CC[C@]4(C)[C@@H]3CC[C@@]21C)COS(=O)(=O)O. The molecule has 9 heteroatoms. The number of aliphatic hydroxyl groups excluding tert-OH is 3. The maximum atomic E-state index is 11.7. The lowest BCUT2D eigenvalue weighted by atomic mass is 9.42. The van der Waals surface area contributed by atoms with Crippen molar-refractivity contribution in [1.82, 2.24) is 0 Å². The molecule has 12 atom stereocenters. The molecule has 8 nitrogen and oxygen atoms in total. The summed E-state index contributed by atoms with van der Waals surface area (Å²) >= 11 is 0. The molecular weight excluding hydrogens is 496 g/mol. The molecular formula is C28H48O8S. The monoisotopic (exact) mass is 544 g/mol. The largest absolute Gasteiger partial charge is 0.397 e. The average Bonchev–Trinajstić information content (AvgIpc) is 3.05. The summed E-state index contributed by atoms with van der Waals surface area (Å²) in [7, 11) is -4.50. The van der Waals surface area contributed by atoms with E-state index in [9.17, 15) is 28.8 Å². The first-order valence-electron chi connectivity index (χ1n) is 14.1. The zero-order chi connectivity index (χ0) is 27.6. The van der Waals surface area contributed by atoms with Gasteiger partial charge in [-0.3, -0.25) is 4.55 Å². The van der Waals surface area contributed by atoms with Crippen LogP contribution in [-0.4, -0.2) is 63.9 Å². The summed E-state index contributed by atoms with van der Waals surface area (Å²) in [6.07, 6.45) is 6.56. The normalized spacial score (nSPS) is 47.9. The predicted molar refractivity (Wildman–Crippen MR) is 140 cm³/mol. The van der Waals surface area contributed by atoms with Crippen LogP contribution >= 0.6 is 0 Å². The van der Waals surface area contributed by atoms with Crippen LogP contribution in [0, 0.1) is 52.3 Å². The number of rotatable bonds is 7. The number of hydrogen-bond donors (Lipinski definition) is 5. The predicted octanol–water partition coefficient (Wildman–Crippen LogP) is 3.35. The Hall–Kier alpha value is -0.550. The number of aliphatic hydroxyl groups is 4. The molecule has 0 aromatic rings. The highest BCUT2D eigenvalue weighted by Gasteiger charge is 2.68. The maximum absolute atomic E-state index is 11.7. The first kappa shape index (κ1) is 29.4. The minimum absolute atomic E-state index is 0.0266. The van der Waals surface area contributed by atoms with Crippen molar-refractivity contribution in [3.8, 4) is 0 Å². The fourth-order valence-corrected chi connectivity index (χ4v) is 9.61. The van der Waals surface area contributed by atoms with Gasteiger partial charge in [-0.25, -0.2) is 4.18 Å². The summed E-state index contributed by atoms with van der Waals surface area (Å²) in [4.78, 5) is 0. The highest BCUT2D eigenvalue weighted by molar-refractivity contribution is 7.80. The molecule has 0 radical (unpaired) electrons. The third-order valence-electron chi connectivity index (χ3n) is 11.5. The van der Waals surface area contributed by atoms with Crippen molar-refractivity contribution in [3.05, 3.63) is 12.2 Å². The summed E-state index contributed by atoms with van der Waals surface area (Å²) < 4.78 is 35.7. The van der Waals surface area contributed by atoms with Crippen LogP contribution in [0.1, 0.15) is 79.6 Å². The number of allylic oxidation sites excluding steroid dienone is 1. The standard InChI is InChI=1S/C28H48O8S/c1-16(2)18(15-36-37(33,34)35)7-6-17(3)22-13-23(30)25-20-12-24(31)28(32)14-19(29)8-11-27(28,5)21(20)9-10-26(22,25)4/h6-7,16-25,29-32H,8-15H2,1-5H3,(H,33,34,35)/b7-6+/t17-,18+,19+,20-,21-,22-,23+,24-,25+,26-,27-,28+/m1/s1. The molecule has 0 bridgehead atoms. The van der Waals surface area contributed by atoms with E-state index in [0.717, 1.165) is 12.8 Å². The lowest BCUT2D eigenvalue weighted by Gasteiger charge is -2.65. The number of fused-ring (bicyclic) bond motifs is 5. The Morgan fingerprint density at radius 1 is 1.03 bits per heavy atom. The van der Waals surface area contributed by atoms with Crippen LogP contribution in [0.5, 0.6) is 0 Å². The van der Waals surface area contributed by atoms with Crippen molar-refractivity contribution >= 4 is 10.4 Å². The molecule has 0 unspecified atom stereocenters. The minimum Gasteiger partial charge on any atom is -0.393 e. The first-order valence-corrected chi connectivity index (χ1v) is 15.5. The second-order valence-corrected chi connectivity index (χ2v) is 14.7. The van der Waals surface area contributed by atoms with Crippen LogP contribution in [-0.2, 0) is 14.6 Å². The number of hydrogen-bond acceptors (Lipinski definition) is 7. The molecule has 4 saturated carbocycles. The summed E-state index contributed by atoms with van der Waals surface area (Å²) in [6, 6.07) is 0. The molecule has 0 aliphatic heterocycles. The molecule has 5 N–H and O–H groups in total. The van der Waals surface area contributed by atoms with Gasteiger partial charge in [0.15, 0.2) is 0 Å². The molecule has 4 fully saturated rings. The Balaban J connectivity index is 1.55.